The molecule has 0 atom stereocenters. The van der Waals surface area contributed by atoms with Gasteiger partial charge in [0.15, 0.2) is 0 Å². The van der Waals surface area contributed by atoms with Crippen LogP contribution in [-0.4, -0.2) is 4.57 Å². The average Bonchev–Trinajstić information content (AvgIpc) is 3.62. The predicted octanol–water partition coefficient (Wildman–Crippen LogP) is 11.4. The highest BCUT2D eigenvalue weighted by molar-refractivity contribution is 7.26. The molecule has 200 valence electrons. The lowest BCUT2D eigenvalue weighted by Crippen LogP contribution is -2.15. The van der Waals surface area contributed by atoms with Gasteiger partial charge in [-0.15, -0.1) is 11.3 Å². The standard InChI is InChI=1S/C40H29NS/c1-24-19-20-27(29-14-10-15-30-28-13-6-9-18-38(28)42-39(29)30)36(21-24)41-35-17-8-5-12-26(35)32-22-31-25-11-4-7-16-33(25)40(2,3)34(31)23-37(32)41/h4-23H,1-3H3. The van der Waals surface area contributed by atoms with Crippen LogP contribution in [0.15, 0.2) is 121 Å². The number of hydrogen-bond donors (Lipinski definition) is 0. The molecule has 1 aliphatic rings. The van der Waals surface area contributed by atoms with Crippen LogP contribution in [0.2, 0.25) is 0 Å². The molecule has 0 bridgehead atoms. The molecule has 0 spiro atoms. The second-order valence-corrected chi connectivity index (χ2v) is 13.3. The lowest BCUT2D eigenvalue weighted by atomic mass is 9.82. The molecule has 0 unspecified atom stereocenters. The molecule has 6 aromatic carbocycles. The summed E-state index contributed by atoms with van der Waals surface area (Å²) in [4.78, 5) is 0. The van der Waals surface area contributed by atoms with Crippen molar-refractivity contribution in [3.63, 3.8) is 0 Å². The number of para-hydroxylation sites is 1. The highest BCUT2D eigenvalue weighted by Gasteiger charge is 2.36. The molecule has 0 radical (unpaired) electrons. The van der Waals surface area contributed by atoms with E-state index in [1.54, 1.807) is 0 Å². The van der Waals surface area contributed by atoms with Crippen molar-refractivity contribution in [2.24, 2.45) is 0 Å². The van der Waals surface area contributed by atoms with E-state index < -0.39 is 0 Å². The maximum Gasteiger partial charge on any atom is 0.0544 e. The predicted molar refractivity (Wildman–Crippen MR) is 181 cm³/mol. The van der Waals surface area contributed by atoms with E-state index in [0.29, 0.717) is 0 Å². The quantitative estimate of drug-likeness (QED) is 0.200. The van der Waals surface area contributed by atoms with Crippen LogP contribution in [0.4, 0.5) is 0 Å². The van der Waals surface area contributed by atoms with Crippen LogP contribution in [0.1, 0.15) is 30.5 Å². The first-order valence-corrected chi connectivity index (χ1v) is 15.5. The van der Waals surface area contributed by atoms with Gasteiger partial charge in [0.05, 0.1) is 16.7 Å². The molecule has 1 nitrogen and oxygen atoms in total. The van der Waals surface area contributed by atoms with Crippen molar-refractivity contribution in [2.45, 2.75) is 26.2 Å². The van der Waals surface area contributed by atoms with Crippen LogP contribution in [-0.2, 0) is 5.41 Å². The van der Waals surface area contributed by atoms with Gasteiger partial charge >= 0.3 is 0 Å². The van der Waals surface area contributed by atoms with Crippen LogP contribution >= 0.6 is 11.3 Å². The van der Waals surface area contributed by atoms with E-state index in [1.165, 1.54) is 86.6 Å². The third kappa shape index (κ3) is 3.13. The van der Waals surface area contributed by atoms with Gasteiger partial charge in [0.25, 0.3) is 0 Å². The molecule has 0 N–H and O–H groups in total. The Kier molecular flexibility index (Phi) is 4.82. The third-order valence-corrected chi connectivity index (χ3v) is 10.7. The van der Waals surface area contributed by atoms with Gasteiger partial charge in [0.2, 0.25) is 0 Å². The Hall–Kier alpha value is -4.66. The second-order valence-electron chi connectivity index (χ2n) is 12.2. The molecule has 0 saturated heterocycles. The Balaban J connectivity index is 1.40. The lowest BCUT2D eigenvalue weighted by molar-refractivity contribution is 0.661. The molecule has 0 amide bonds. The first kappa shape index (κ1) is 24.0. The molecule has 8 aromatic rings. The summed E-state index contributed by atoms with van der Waals surface area (Å²) in [7, 11) is 0. The molecule has 2 heterocycles. The number of nitrogens with zero attached hydrogens (tertiary/aromatic N) is 1. The van der Waals surface area contributed by atoms with Gasteiger partial charge in [0.1, 0.15) is 0 Å². The van der Waals surface area contributed by atoms with E-state index in [1.807, 2.05) is 11.3 Å². The molecule has 0 fully saturated rings. The van der Waals surface area contributed by atoms with Crippen LogP contribution in [0, 0.1) is 6.92 Å². The Bertz CT molecular complexity index is 2400. The largest absolute Gasteiger partial charge is 0.309 e. The van der Waals surface area contributed by atoms with Gasteiger partial charge < -0.3 is 4.57 Å². The number of aryl methyl sites for hydroxylation is 1. The zero-order chi connectivity index (χ0) is 28.2. The molecule has 9 rings (SSSR count). The van der Waals surface area contributed by atoms with E-state index in [4.69, 9.17) is 0 Å². The summed E-state index contributed by atoms with van der Waals surface area (Å²) in [6.45, 7) is 6.95. The van der Waals surface area contributed by atoms with E-state index >= 15 is 0 Å². The van der Waals surface area contributed by atoms with Crippen LogP contribution in [0.25, 0.3) is 69.9 Å². The SMILES string of the molecule is Cc1ccc(-c2cccc3c2sc2ccccc23)c(-n2c3ccccc3c3cc4c(cc32)C(C)(C)c2ccccc2-4)c1. The Labute approximate surface area is 249 Å². The summed E-state index contributed by atoms with van der Waals surface area (Å²) in [6.07, 6.45) is 0. The minimum Gasteiger partial charge on any atom is -0.309 e. The van der Waals surface area contributed by atoms with Gasteiger partial charge in [-0.25, -0.2) is 0 Å². The summed E-state index contributed by atoms with van der Waals surface area (Å²) in [6, 6.07) is 45.3. The van der Waals surface area contributed by atoms with Gasteiger partial charge in [-0.3, -0.25) is 0 Å². The average molecular weight is 556 g/mol. The fourth-order valence-corrected chi connectivity index (χ4v) is 8.67. The summed E-state index contributed by atoms with van der Waals surface area (Å²) >= 11 is 1.90. The molecule has 0 aliphatic heterocycles. The minimum absolute atomic E-state index is 0.0560. The van der Waals surface area contributed by atoms with Gasteiger partial charge in [-0.05, 0) is 65.1 Å². The van der Waals surface area contributed by atoms with Crippen LogP contribution in [0.3, 0.4) is 0 Å². The van der Waals surface area contributed by atoms with E-state index in [2.05, 4.69) is 147 Å². The van der Waals surface area contributed by atoms with Crippen molar-refractivity contribution in [3.05, 3.63) is 138 Å². The molecular formula is C40H29NS. The van der Waals surface area contributed by atoms with Crippen molar-refractivity contribution in [1.29, 1.82) is 0 Å². The third-order valence-electron chi connectivity index (χ3n) is 9.46. The zero-order valence-electron chi connectivity index (χ0n) is 23.9. The number of thiophene rings is 1. The zero-order valence-corrected chi connectivity index (χ0v) is 24.7. The van der Waals surface area contributed by atoms with E-state index in [0.717, 1.165) is 0 Å². The summed E-state index contributed by atoms with van der Waals surface area (Å²) in [5.41, 5.74) is 13.1. The first-order valence-electron chi connectivity index (χ1n) is 14.7. The fourth-order valence-electron chi connectivity index (χ4n) is 7.44. The van der Waals surface area contributed by atoms with Crippen molar-refractivity contribution >= 4 is 53.3 Å². The molecular weight excluding hydrogens is 527 g/mol. The second kappa shape index (κ2) is 8.44. The van der Waals surface area contributed by atoms with Crippen molar-refractivity contribution in [2.75, 3.05) is 0 Å². The summed E-state index contributed by atoms with van der Waals surface area (Å²) < 4.78 is 5.21. The summed E-state index contributed by atoms with van der Waals surface area (Å²) in [5, 5.41) is 5.27. The molecule has 2 heteroatoms. The number of benzene rings is 6. The van der Waals surface area contributed by atoms with E-state index in [9.17, 15) is 0 Å². The minimum atomic E-state index is -0.0560. The topological polar surface area (TPSA) is 4.93 Å². The maximum absolute atomic E-state index is 2.53. The number of rotatable bonds is 2. The first-order chi connectivity index (χ1) is 20.5. The van der Waals surface area contributed by atoms with Crippen LogP contribution < -0.4 is 0 Å². The summed E-state index contributed by atoms with van der Waals surface area (Å²) in [5.74, 6) is 0. The molecule has 2 aromatic heterocycles. The smallest absolute Gasteiger partial charge is 0.0544 e. The van der Waals surface area contributed by atoms with Gasteiger partial charge in [0, 0.05) is 47.5 Å². The van der Waals surface area contributed by atoms with Gasteiger partial charge in [-0.1, -0.05) is 105 Å². The van der Waals surface area contributed by atoms with Crippen molar-refractivity contribution in [1.82, 2.24) is 4.57 Å². The van der Waals surface area contributed by atoms with Crippen molar-refractivity contribution < 1.29 is 0 Å². The van der Waals surface area contributed by atoms with Crippen LogP contribution in [0.5, 0.6) is 0 Å². The Morgan fingerprint density at radius 1 is 0.524 bits per heavy atom. The maximum atomic E-state index is 2.53. The number of hydrogen-bond acceptors (Lipinski definition) is 1. The van der Waals surface area contributed by atoms with Gasteiger partial charge in [-0.2, -0.15) is 0 Å². The molecule has 1 aliphatic carbocycles. The lowest BCUT2D eigenvalue weighted by Gasteiger charge is -2.22. The normalized spacial score (nSPS) is 13.8. The van der Waals surface area contributed by atoms with E-state index in [-0.39, 0.29) is 5.41 Å². The number of fused-ring (bicyclic) bond motifs is 9. The monoisotopic (exact) mass is 555 g/mol. The molecule has 42 heavy (non-hydrogen) atoms. The Morgan fingerprint density at radius 3 is 2.17 bits per heavy atom. The molecule has 0 saturated carbocycles. The Morgan fingerprint density at radius 2 is 1.26 bits per heavy atom. The highest BCUT2D eigenvalue weighted by atomic mass is 32.1. The van der Waals surface area contributed by atoms with Crippen molar-refractivity contribution in [3.8, 4) is 27.9 Å². The number of aromatic nitrogens is 1. The highest BCUT2D eigenvalue weighted by Crippen LogP contribution is 2.51. The fraction of sp³-hybridized carbons (Fsp3) is 0.100.